The Hall–Kier alpha value is -4.46. The van der Waals surface area contributed by atoms with Crippen molar-refractivity contribution in [1.29, 1.82) is 0 Å². The molecule has 2 heterocycles. The van der Waals surface area contributed by atoms with Crippen LogP contribution in [0.4, 0.5) is 17.5 Å². The number of rotatable bonds is 6. The number of benzene rings is 2. The highest BCUT2D eigenvalue weighted by molar-refractivity contribution is 5.88. The number of carboxylic acid groups (broad SMARTS) is 1. The molecule has 148 valence electrons. The molecule has 4 rings (SSSR count). The van der Waals surface area contributed by atoms with E-state index in [1.54, 1.807) is 36.4 Å². The first-order valence-corrected chi connectivity index (χ1v) is 9.02. The summed E-state index contributed by atoms with van der Waals surface area (Å²) in [5.74, 6) is -0.0373. The molecule has 2 aromatic heterocycles. The molecule has 0 amide bonds. The molecule has 4 N–H and O–H groups in total. The number of aromatic carboxylic acids is 1. The summed E-state index contributed by atoms with van der Waals surface area (Å²) in [5, 5.41) is 12.5. The first kappa shape index (κ1) is 18.9. The number of hydrogen-bond donors (Lipinski definition) is 3. The van der Waals surface area contributed by atoms with Gasteiger partial charge in [0.05, 0.1) is 11.4 Å². The first-order valence-electron chi connectivity index (χ1n) is 9.02. The van der Waals surface area contributed by atoms with E-state index in [0.717, 1.165) is 5.56 Å². The van der Waals surface area contributed by atoms with Crippen molar-refractivity contribution in [2.75, 3.05) is 11.1 Å². The molecule has 0 saturated carbocycles. The normalized spacial score (nSPS) is 10.4. The summed E-state index contributed by atoms with van der Waals surface area (Å²) in [7, 11) is 0. The van der Waals surface area contributed by atoms with Crippen molar-refractivity contribution in [3.63, 3.8) is 0 Å². The van der Waals surface area contributed by atoms with Crippen LogP contribution >= 0.6 is 0 Å². The Morgan fingerprint density at radius 2 is 1.67 bits per heavy atom. The van der Waals surface area contributed by atoms with Crippen molar-refractivity contribution in [2.45, 2.75) is 0 Å². The number of carboxylic acids is 1. The minimum atomic E-state index is -1.17. The molecule has 4 aromatic rings. The second kappa shape index (κ2) is 8.27. The van der Waals surface area contributed by atoms with Gasteiger partial charge < -0.3 is 20.9 Å². The van der Waals surface area contributed by atoms with Gasteiger partial charge in [-0.15, -0.1) is 0 Å². The number of nitrogens with one attached hydrogen (secondary N) is 1. The third-order valence-corrected chi connectivity index (χ3v) is 4.16. The summed E-state index contributed by atoms with van der Waals surface area (Å²) < 4.78 is 5.84. The fraction of sp³-hybridized carbons (Fsp3) is 0. The number of nitrogens with zero attached hydrogens (tertiary/aromatic N) is 3. The molecule has 0 aliphatic carbocycles. The highest BCUT2D eigenvalue weighted by Crippen LogP contribution is 2.33. The summed E-state index contributed by atoms with van der Waals surface area (Å²) in [6.07, 6.45) is 1.40. The van der Waals surface area contributed by atoms with Crippen LogP contribution in [0.1, 0.15) is 10.5 Å². The van der Waals surface area contributed by atoms with Gasteiger partial charge in [-0.3, -0.25) is 0 Å². The minimum Gasteiger partial charge on any atom is -0.476 e. The van der Waals surface area contributed by atoms with E-state index in [-0.39, 0.29) is 17.4 Å². The third kappa shape index (κ3) is 4.17. The van der Waals surface area contributed by atoms with Gasteiger partial charge in [0.25, 0.3) is 0 Å². The topological polar surface area (TPSA) is 123 Å². The van der Waals surface area contributed by atoms with E-state index < -0.39 is 5.97 Å². The Bertz CT molecular complexity index is 1200. The lowest BCUT2D eigenvalue weighted by Crippen LogP contribution is -2.04. The molecule has 0 bridgehead atoms. The van der Waals surface area contributed by atoms with Crippen LogP contribution in [0.15, 0.2) is 79.0 Å². The molecular formula is C22H17N5O3. The average molecular weight is 399 g/mol. The number of ether oxygens (including phenoxy) is 1. The Morgan fingerprint density at radius 1 is 0.933 bits per heavy atom. The number of carbonyl (C=O) groups is 1. The quantitative estimate of drug-likeness (QED) is 0.437. The van der Waals surface area contributed by atoms with Crippen molar-refractivity contribution in [3.05, 3.63) is 84.7 Å². The maximum atomic E-state index is 11.4. The molecule has 0 unspecified atom stereocenters. The summed E-state index contributed by atoms with van der Waals surface area (Å²) in [4.78, 5) is 23.8. The molecule has 0 aliphatic rings. The molecule has 30 heavy (non-hydrogen) atoms. The number of pyridine rings is 1. The van der Waals surface area contributed by atoms with Gasteiger partial charge in [0.2, 0.25) is 5.95 Å². The summed E-state index contributed by atoms with van der Waals surface area (Å²) >= 11 is 0. The van der Waals surface area contributed by atoms with Crippen LogP contribution in [-0.2, 0) is 0 Å². The average Bonchev–Trinajstić information content (AvgIpc) is 2.75. The highest BCUT2D eigenvalue weighted by Gasteiger charge is 2.15. The zero-order chi connectivity index (χ0) is 20.9. The minimum absolute atomic E-state index is 0.123. The predicted octanol–water partition coefficient (Wildman–Crippen LogP) is 4.35. The molecule has 8 heteroatoms. The number of nitrogen functional groups attached to an aromatic ring is 1. The number of hydrogen-bond acceptors (Lipinski definition) is 7. The van der Waals surface area contributed by atoms with Crippen LogP contribution in [0.25, 0.3) is 11.3 Å². The second-order valence-corrected chi connectivity index (χ2v) is 6.24. The number of aromatic nitrogens is 3. The number of anilines is 3. The Balaban J connectivity index is 1.66. The van der Waals surface area contributed by atoms with Gasteiger partial charge in [0, 0.05) is 17.8 Å². The van der Waals surface area contributed by atoms with E-state index in [1.807, 2.05) is 36.4 Å². The highest BCUT2D eigenvalue weighted by atomic mass is 16.5. The van der Waals surface area contributed by atoms with Crippen molar-refractivity contribution in [2.24, 2.45) is 0 Å². The van der Waals surface area contributed by atoms with Crippen molar-refractivity contribution < 1.29 is 14.6 Å². The maximum absolute atomic E-state index is 11.4. The standard InChI is InChI=1S/C22H17N5O3/c23-22-26-16(14-7-2-1-3-8-14)13-19(27-22)25-15-9-4-5-10-17(15)30-18-11-6-12-24-20(18)21(28)29/h1-13H,(H,28,29)(H3,23,25,26,27). The Kier molecular flexibility index (Phi) is 5.21. The van der Waals surface area contributed by atoms with E-state index in [2.05, 4.69) is 20.3 Å². The SMILES string of the molecule is Nc1nc(Nc2ccccc2Oc2cccnc2C(=O)O)cc(-c2ccccc2)n1. The van der Waals surface area contributed by atoms with Gasteiger partial charge in [-0.05, 0) is 24.3 Å². The fourth-order valence-corrected chi connectivity index (χ4v) is 2.84. The van der Waals surface area contributed by atoms with Crippen LogP contribution in [-0.4, -0.2) is 26.0 Å². The summed E-state index contributed by atoms with van der Waals surface area (Å²) in [5.41, 5.74) is 7.87. The molecule has 0 atom stereocenters. The monoisotopic (exact) mass is 399 g/mol. The van der Waals surface area contributed by atoms with Crippen molar-refractivity contribution in [1.82, 2.24) is 15.0 Å². The lowest BCUT2D eigenvalue weighted by Gasteiger charge is -2.14. The molecule has 8 nitrogen and oxygen atoms in total. The zero-order valence-corrected chi connectivity index (χ0v) is 15.7. The zero-order valence-electron chi connectivity index (χ0n) is 15.7. The van der Waals surface area contributed by atoms with E-state index in [4.69, 9.17) is 10.5 Å². The third-order valence-electron chi connectivity index (χ3n) is 4.16. The van der Waals surface area contributed by atoms with Gasteiger partial charge >= 0.3 is 5.97 Å². The Morgan fingerprint density at radius 3 is 2.47 bits per heavy atom. The summed E-state index contributed by atoms with van der Waals surface area (Å²) in [6.45, 7) is 0. The fourth-order valence-electron chi connectivity index (χ4n) is 2.84. The largest absolute Gasteiger partial charge is 0.476 e. The molecule has 0 saturated heterocycles. The van der Waals surface area contributed by atoms with Crippen LogP contribution in [0.3, 0.4) is 0 Å². The smallest absolute Gasteiger partial charge is 0.358 e. The van der Waals surface area contributed by atoms with Crippen LogP contribution < -0.4 is 15.8 Å². The van der Waals surface area contributed by atoms with Crippen LogP contribution in [0, 0.1) is 0 Å². The number of para-hydroxylation sites is 2. The summed E-state index contributed by atoms with van der Waals surface area (Å²) in [6, 6.07) is 21.6. The molecule has 0 aliphatic heterocycles. The van der Waals surface area contributed by atoms with Gasteiger partial charge in [0.1, 0.15) is 5.82 Å². The second-order valence-electron chi connectivity index (χ2n) is 6.24. The lowest BCUT2D eigenvalue weighted by molar-refractivity contribution is 0.0687. The van der Waals surface area contributed by atoms with E-state index >= 15 is 0 Å². The molecule has 0 radical (unpaired) electrons. The maximum Gasteiger partial charge on any atom is 0.358 e. The van der Waals surface area contributed by atoms with Gasteiger partial charge in [0.15, 0.2) is 17.2 Å². The molecule has 2 aromatic carbocycles. The number of nitrogens with two attached hydrogens (primary N) is 1. The Labute approximate surface area is 172 Å². The lowest BCUT2D eigenvalue weighted by atomic mass is 10.1. The van der Waals surface area contributed by atoms with Crippen molar-refractivity contribution >= 4 is 23.4 Å². The predicted molar refractivity (Wildman–Crippen MR) is 113 cm³/mol. The van der Waals surface area contributed by atoms with Gasteiger partial charge in [-0.25, -0.2) is 14.8 Å². The van der Waals surface area contributed by atoms with E-state index in [0.29, 0.717) is 22.9 Å². The van der Waals surface area contributed by atoms with Crippen molar-refractivity contribution in [3.8, 4) is 22.8 Å². The molecule has 0 fully saturated rings. The molecular weight excluding hydrogens is 382 g/mol. The van der Waals surface area contributed by atoms with E-state index in [9.17, 15) is 9.90 Å². The first-order chi connectivity index (χ1) is 14.6. The molecule has 0 spiro atoms. The van der Waals surface area contributed by atoms with Gasteiger partial charge in [-0.1, -0.05) is 42.5 Å². The van der Waals surface area contributed by atoms with Gasteiger partial charge in [-0.2, -0.15) is 4.98 Å². The van der Waals surface area contributed by atoms with E-state index in [1.165, 1.54) is 6.20 Å². The van der Waals surface area contributed by atoms with Crippen LogP contribution in [0.5, 0.6) is 11.5 Å². The van der Waals surface area contributed by atoms with Crippen LogP contribution in [0.2, 0.25) is 0 Å².